The third kappa shape index (κ3) is 4.29. The van der Waals surface area contributed by atoms with E-state index in [1.807, 2.05) is 13.0 Å². The lowest BCUT2D eigenvalue weighted by molar-refractivity contribution is 0.176. The van der Waals surface area contributed by atoms with Crippen molar-refractivity contribution >= 4 is 0 Å². The summed E-state index contributed by atoms with van der Waals surface area (Å²) < 4.78 is 14.0. The monoisotopic (exact) mass is 291 g/mol. The van der Waals surface area contributed by atoms with E-state index in [1.165, 1.54) is 19.3 Å². The van der Waals surface area contributed by atoms with Crippen LogP contribution < -0.4 is 5.32 Å². The molecule has 3 unspecified atom stereocenters. The molecule has 1 aliphatic carbocycles. The highest BCUT2D eigenvalue weighted by atomic mass is 19.1. The van der Waals surface area contributed by atoms with Gasteiger partial charge in [0.1, 0.15) is 5.82 Å². The van der Waals surface area contributed by atoms with Gasteiger partial charge in [-0.15, -0.1) is 0 Å². The Morgan fingerprint density at radius 2 is 1.86 bits per heavy atom. The summed E-state index contributed by atoms with van der Waals surface area (Å²) in [5.74, 6) is 2.10. The fourth-order valence-electron chi connectivity index (χ4n) is 3.94. The molecular weight excluding hydrogens is 261 g/mol. The van der Waals surface area contributed by atoms with Gasteiger partial charge in [0.15, 0.2) is 0 Å². The predicted molar refractivity (Wildman–Crippen MR) is 87.8 cm³/mol. The second kappa shape index (κ2) is 7.40. The Labute approximate surface area is 129 Å². The summed E-state index contributed by atoms with van der Waals surface area (Å²) in [5.41, 5.74) is 1.86. The minimum Gasteiger partial charge on any atom is -0.310 e. The lowest BCUT2D eigenvalue weighted by Gasteiger charge is -2.37. The number of rotatable bonds is 5. The molecule has 0 aromatic heterocycles. The molecule has 1 nitrogen and oxygen atoms in total. The zero-order valence-electron chi connectivity index (χ0n) is 14.0. The Morgan fingerprint density at radius 1 is 1.19 bits per heavy atom. The average Bonchev–Trinajstić information content (AvgIpc) is 2.42. The molecule has 0 bridgehead atoms. The van der Waals surface area contributed by atoms with Gasteiger partial charge in [0.25, 0.3) is 0 Å². The Kier molecular flexibility index (Phi) is 5.80. The van der Waals surface area contributed by atoms with Gasteiger partial charge in [-0.1, -0.05) is 32.9 Å². The molecule has 1 aliphatic rings. The first-order valence-corrected chi connectivity index (χ1v) is 8.50. The van der Waals surface area contributed by atoms with Gasteiger partial charge in [-0.2, -0.15) is 0 Å². The number of hydrogen-bond acceptors (Lipinski definition) is 1. The number of nitrogens with one attached hydrogen (secondary N) is 1. The van der Waals surface area contributed by atoms with Crippen LogP contribution in [-0.2, 0) is 0 Å². The van der Waals surface area contributed by atoms with Crippen molar-refractivity contribution in [3.05, 3.63) is 35.1 Å². The summed E-state index contributed by atoms with van der Waals surface area (Å²) in [5, 5.41) is 3.68. The van der Waals surface area contributed by atoms with Crippen LogP contribution in [0.3, 0.4) is 0 Å². The fraction of sp³-hybridized carbons (Fsp3) is 0.684. The van der Waals surface area contributed by atoms with Crippen LogP contribution in [0.1, 0.15) is 63.6 Å². The van der Waals surface area contributed by atoms with Crippen LogP contribution in [0.25, 0.3) is 0 Å². The molecule has 21 heavy (non-hydrogen) atoms. The average molecular weight is 291 g/mol. The predicted octanol–water partition coefficient (Wildman–Crippen LogP) is 5.25. The summed E-state index contributed by atoms with van der Waals surface area (Å²) in [6.07, 6.45) is 4.95. The van der Waals surface area contributed by atoms with E-state index >= 15 is 0 Å². The molecule has 2 heteroatoms. The summed E-state index contributed by atoms with van der Waals surface area (Å²) in [6, 6.07) is 6.06. The lowest BCUT2D eigenvalue weighted by atomic mass is 9.72. The molecule has 0 heterocycles. The zero-order chi connectivity index (χ0) is 15.4. The van der Waals surface area contributed by atoms with E-state index in [-0.39, 0.29) is 5.82 Å². The molecule has 0 amide bonds. The maximum absolute atomic E-state index is 14.0. The van der Waals surface area contributed by atoms with Crippen LogP contribution in [0.15, 0.2) is 18.2 Å². The molecule has 1 aromatic rings. The highest BCUT2D eigenvalue weighted by Crippen LogP contribution is 2.40. The van der Waals surface area contributed by atoms with Crippen LogP contribution in [0, 0.1) is 30.5 Å². The quantitative estimate of drug-likeness (QED) is 0.781. The van der Waals surface area contributed by atoms with E-state index in [9.17, 15) is 4.39 Å². The first-order valence-electron chi connectivity index (χ1n) is 8.50. The van der Waals surface area contributed by atoms with E-state index in [4.69, 9.17) is 0 Å². The first-order chi connectivity index (χ1) is 10.0. The maximum Gasteiger partial charge on any atom is 0.126 e. The van der Waals surface area contributed by atoms with Crippen molar-refractivity contribution in [2.24, 2.45) is 17.8 Å². The first kappa shape index (κ1) is 16.5. The molecule has 0 radical (unpaired) electrons. The van der Waals surface area contributed by atoms with Crippen LogP contribution in [0.4, 0.5) is 4.39 Å². The SMILES string of the molecule is CCCNC(c1ccc(C)c(F)c1)C1CC(C)CC(C)C1. The van der Waals surface area contributed by atoms with Crippen molar-refractivity contribution in [1.29, 1.82) is 0 Å². The minimum atomic E-state index is -0.0762. The van der Waals surface area contributed by atoms with E-state index in [1.54, 1.807) is 6.07 Å². The van der Waals surface area contributed by atoms with Gasteiger partial charge in [-0.25, -0.2) is 4.39 Å². The van der Waals surface area contributed by atoms with Gasteiger partial charge in [-0.05, 0) is 74.1 Å². The molecule has 1 fully saturated rings. The number of halogens is 1. The van der Waals surface area contributed by atoms with E-state index < -0.39 is 0 Å². The fourth-order valence-corrected chi connectivity index (χ4v) is 3.94. The van der Waals surface area contributed by atoms with Crippen molar-refractivity contribution in [3.63, 3.8) is 0 Å². The van der Waals surface area contributed by atoms with Gasteiger partial charge < -0.3 is 5.32 Å². The number of benzene rings is 1. The van der Waals surface area contributed by atoms with E-state index in [0.717, 1.165) is 35.9 Å². The van der Waals surface area contributed by atoms with Gasteiger partial charge in [0.2, 0.25) is 0 Å². The van der Waals surface area contributed by atoms with Crippen LogP contribution in [0.2, 0.25) is 0 Å². The highest BCUT2D eigenvalue weighted by Gasteiger charge is 2.30. The normalized spacial score (nSPS) is 27.6. The molecule has 1 N–H and O–H groups in total. The Hall–Kier alpha value is -0.890. The number of hydrogen-bond donors (Lipinski definition) is 1. The topological polar surface area (TPSA) is 12.0 Å². The minimum absolute atomic E-state index is 0.0762. The molecular formula is C19H30FN. The van der Waals surface area contributed by atoms with Crippen LogP contribution >= 0.6 is 0 Å². The molecule has 118 valence electrons. The van der Waals surface area contributed by atoms with Crippen molar-refractivity contribution < 1.29 is 4.39 Å². The molecule has 1 saturated carbocycles. The third-order valence-electron chi connectivity index (χ3n) is 4.86. The second-order valence-corrected chi connectivity index (χ2v) is 7.12. The molecule has 0 aliphatic heterocycles. The maximum atomic E-state index is 14.0. The van der Waals surface area contributed by atoms with Crippen molar-refractivity contribution in [3.8, 4) is 0 Å². The smallest absolute Gasteiger partial charge is 0.126 e. The summed E-state index contributed by atoms with van der Waals surface area (Å²) in [7, 11) is 0. The Balaban J connectivity index is 2.22. The molecule has 2 rings (SSSR count). The zero-order valence-corrected chi connectivity index (χ0v) is 14.0. The van der Waals surface area contributed by atoms with Gasteiger partial charge in [0, 0.05) is 6.04 Å². The molecule has 0 spiro atoms. The Bertz CT molecular complexity index is 447. The van der Waals surface area contributed by atoms with Crippen molar-refractivity contribution in [1.82, 2.24) is 5.32 Å². The standard InChI is InChI=1S/C19H30FN/c1-5-8-21-19(16-7-6-15(4)18(20)12-16)17-10-13(2)9-14(3)11-17/h6-7,12-14,17,19,21H,5,8-11H2,1-4H3. The van der Waals surface area contributed by atoms with Crippen molar-refractivity contribution in [2.75, 3.05) is 6.54 Å². The summed E-state index contributed by atoms with van der Waals surface area (Å²) in [6.45, 7) is 9.73. The second-order valence-electron chi connectivity index (χ2n) is 7.12. The largest absolute Gasteiger partial charge is 0.310 e. The van der Waals surface area contributed by atoms with Crippen LogP contribution in [0.5, 0.6) is 0 Å². The van der Waals surface area contributed by atoms with Crippen molar-refractivity contribution in [2.45, 2.75) is 59.4 Å². The van der Waals surface area contributed by atoms with E-state index in [0.29, 0.717) is 12.0 Å². The van der Waals surface area contributed by atoms with Gasteiger partial charge in [-0.3, -0.25) is 0 Å². The highest BCUT2D eigenvalue weighted by molar-refractivity contribution is 5.26. The third-order valence-corrected chi connectivity index (χ3v) is 4.86. The summed E-state index contributed by atoms with van der Waals surface area (Å²) >= 11 is 0. The molecule has 0 saturated heterocycles. The van der Waals surface area contributed by atoms with Gasteiger partial charge in [0.05, 0.1) is 0 Å². The van der Waals surface area contributed by atoms with Gasteiger partial charge >= 0.3 is 0 Å². The molecule has 3 atom stereocenters. The van der Waals surface area contributed by atoms with E-state index in [2.05, 4.69) is 32.2 Å². The number of aryl methyl sites for hydroxylation is 1. The summed E-state index contributed by atoms with van der Waals surface area (Å²) in [4.78, 5) is 0. The molecule has 1 aromatic carbocycles. The van der Waals surface area contributed by atoms with Crippen LogP contribution in [-0.4, -0.2) is 6.54 Å². The lowest BCUT2D eigenvalue weighted by Crippen LogP contribution is -2.33. The Morgan fingerprint density at radius 3 is 2.43 bits per heavy atom.